The average Bonchev–Trinajstić information content (AvgIpc) is 2.79. The van der Waals surface area contributed by atoms with Gasteiger partial charge in [0.25, 0.3) is 0 Å². The lowest BCUT2D eigenvalue weighted by atomic mass is 10.2. The van der Waals surface area contributed by atoms with E-state index >= 15 is 0 Å². The summed E-state index contributed by atoms with van der Waals surface area (Å²) >= 11 is 0. The molecule has 0 amide bonds. The van der Waals surface area contributed by atoms with Gasteiger partial charge in [-0.25, -0.2) is 0 Å². The Hall–Kier alpha value is -0.840. The Morgan fingerprint density at radius 3 is 2.50 bits per heavy atom. The van der Waals surface area contributed by atoms with Crippen LogP contribution in [0.3, 0.4) is 0 Å². The third-order valence-electron chi connectivity index (χ3n) is 2.27. The highest BCUT2D eigenvalue weighted by Crippen LogP contribution is 2.12. The van der Waals surface area contributed by atoms with Gasteiger partial charge in [-0.3, -0.25) is 0 Å². The summed E-state index contributed by atoms with van der Waals surface area (Å²) in [5.74, 6) is 0.923. The average molecular weight is 227 g/mol. The second kappa shape index (κ2) is 7.44. The highest BCUT2D eigenvalue weighted by Gasteiger charge is 2.12. The summed E-state index contributed by atoms with van der Waals surface area (Å²) in [7, 11) is 0. The fraction of sp³-hybridized carbons (Fsp3) is 0.667. The van der Waals surface area contributed by atoms with Crippen molar-refractivity contribution in [3.8, 4) is 0 Å². The van der Waals surface area contributed by atoms with Crippen molar-refractivity contribution in [1.29, 1.82) is 0 Å². The van der Waals surface area contributed by atoms with Crippen LogP contribution in [-0.2, 0) is 9.47 Å². The van der Waals surface area contributed by atoms with Gasteiger partial charge in [0, 0.05) is 19.8 Å². The van der Waals surface area contributed by atoms with E-state index < -0.39 is 0 Å². The van der Waals surface area contributed by atoms with Crippen molar-refractivity contribution >= 4 is 0 Å². The van der Waals surface area contributed by atoms with Crippen LogP contribution in [0.5, 0.6) is 0 Å². The SMILES string of the molecule is CCOC(CN[C@@H](C)c1ccco1)OCC. The summed E-state index contributed by atoms with van der Waals surface area (Å²) < 4.78 is 16.2. The molecule has 0 saturated heterocycles. The molecule has 0 unspecified atom stereocenters. The Kier molecular flexibility index (Phi) is 6.15. The van der Waals surface area contributed by atoms with Crippen molar-refractivity contribution < 1.29 is 13.9 Å². The molecule has 0 saturated carbocycles. The van der Waals surface area contributed by atoms with E-state index in [1.165, 1.54) is 0 Å². The minimum Gasteiger partial charge on any atom is -0.468 e. The fourth-order valence-corrected chi connectivity index (χ4v) is 1.45. The molecule has 1 atom stereocenters. The Balaban J connectivity index is 2.30. The van der Waals surface area contributed by atoms with Crippen LogP contribution in [0.1, 0.15) is 32.6 Å². The van der Waals surface area contributed by atoms with E-state index in [4.69, 9.17) is 13.9 Å². The number of hydrogen-bond donors (Lipinski definition) is 1. The van der Waals surface area contributed by atoms with E-state index in [1.54, 1.807) is 6.26 Å². The van der Waals surface area contributed by atoms with Crippen molar-refractivity contribution in [2.45, 2.75) is 33.1 Å². The molecule has 0 bridgehead atoms. The van der Waals surface area contributed by atoms with Gasteiger partial charge in [-0.1, -0.05) is 0 Å². The number of rotatable bonds is 8. The molecular weight excluding hydrogens is 206 g/mol. The minimum atomic E-state index is -0.188. The smallest absolute Gasteiger partial charge is 0.169 e. The molecule has 16 heavy (non-hydrogen) atoms. The van der Waals surface area contributed by atoms with Crippen LogP contribution < -0.4 is 5.32 Å². The maximum atomic E-state index is 5.43. The minimum absolute atomic E-state index is 0.165. The quantitative estimate of drug-likeness (QED) is 0.692. The van der Waals surface area contributed by atoms with Crippen molar-refractivity contribution in [1.82, 2.24) is 5.32 Å². The van der Waals surface area contributed by atoms with Gasteiger partial charge in [0.05, 0.1) is 12.3 Å². The standard InChI is InChI=1S/C12H21NO3/c1-4-14-12(15-5-2)9-13-10(3)11-7-6-8-16-11/h6-8,10,12-13H,4-5,9H2,1-3H3/t10-/m0/s1. The molecule has 92 valence electrons. The highest BCUT2D eigenvalue weighted by molar-refractivity contribution is 5.02. The van der Waals surface area contributed by atoms with E-state index in [-0.39, 0.29) is 12.3 Å². The van der Waals surface area contributed by atoms with Gasteiger partial charge in [-0.05, 0) is 32.9 Å². The lowest BCUT2D eigenvalue weighted by Gasteiger charge is -2.19. The van der Waals surface area contributed by atoms with E-state index in [0.29, 0.717) is 19.8 Å². The summed E-state index contributed by atoms with van der Waals surface area (Å²) in [5, 5.41) is 3.31. The maximum absolute atomic E-state index is 5.43. The third-order valence-corrected chi connectivity index (χ3v) is 2.27. The van der Waals surface area contributed by atoms with Crippen LogP contribution in [-0.4, -0.2) is 26.0 Å². The molecule has 1 aromatic rings. The summed E-state index contributed by atoms with van der Waals surface area (Å²) in [4.78, 5) is 0. The molecule has 0 aliphatic carbocycles. The molecule has 1 N–H and O–H groups in total. The second-order valence-electron chi connectivity index (χ2n) is 3.49. The lowest BCUT2D eigenvalue weighted by molar-refractivity contribution is -0.133. The molecule has 1 aromatic heterocycles. The zero-order valence-electron chi connectivity index (χ0n) is 10.2. The number of hydrogen-bond acceptors (Lipinski definition) is 4. The molecule has 0 aromatic carbocycles. The Labute approximate surface area is 96.9 Å². The predicted molar refractivity (Wildman–Crippen MR) is 62.2 cm³/mol. The van der Waals surface area contributed by atoms with Crippen LogP contribution in [0, 0.1) is 0 Å². The maximum Gasteiger partial charge on any atom is 0.169 e. The van der Waals surface area contributed by atoms with Crippen LogP contribution in [0.15, 0.2) is 22.8 Å². The van der Waals surface area contributed by atoms with Gasteiger partial charge in [0.15, 0.2) is 6.29 Å². The summed E-state index contributed by atoms with van der Waals surface area (Å²) in [6, 6.07) is 4.00. The first-order chi connectivity index (χ1) is 7.77. The van der Waals surface area contributed by atoms with E-state index in [9.17, 15) is 0 Å². The van der Waals surface area contributed by atoms with Crippen LogP contribution in [0.25, 0.3) is 0 Å². The van der Waals surface area contributed by atoms with Crippen molar-refractivity contribution in [3.05, 3.63) is 24.2 Å². The highest BCUT2D eigenvalue weighted by atomic mass is 16.7. The molecular formula is C12H21NO3. The topological polar surface area (TPSA) is 43.6 Å². The van der Waals surface area contributed by atoms with Gasteiger partial charge in [0.2, 0.25) is 0 Å². The first-order valence-corrected chi connectivity index (χ1v) is 5.77. The first kappa shape index (κ1) is 13.2. The second-order valence-corrected chi connectivity index (χ2v) is 3.49. The summed E-state index contributed by atoms with van der Waals surface area (Å²) in [6.45, 7) is 7.93. The molecule has 0 aliphatic heterocycles. The zero-order valence-corrected chi connectivity index (χ0v) is 10.2. The van der Waals surface area contributed by atoms with Crippen molar-refractivity contribution in [2.24, 2.45) is 0 Å². The van der Waals surface area contributed by atoms with E-state index in [1.807, 2.05) is 32.9 Å². The van der Waals surface area contributed by atoms with Gasteiger partial charge in [-0.15, -0.1) is 0 Å². The zero-order chi connectivity index (χ0) is 11.8. The number of ether oxygens (including phenoxy) is 2. The molecule has 4 nitrogen and oxygen atoms in total. The molecule has 1 rings (SSSR count). The molecule has 4 heteroatoms. The Bertz CT molecular complexity index is 255. The normalized spacial score (nSPS) is 13.2. The summed E-state index contributed by atoms with van der Waals surface area (Å²) in [5.41, 5.74) is 0. The van der Waals surface area contributed by atoms with Gasteiger partial charge in [-0.2, -0.15) is 0 Å². The first-order valence-electron chi connectivity index (χ1n) is 5.77. The summed E-state index contributed by atoms with van der Waals surface area (Å²) in [6.07, 6.45) is 1.49. The molecule has 0 fully saturated rings. The predicted octanol–water partition coefficient (Wildman–Crippen LogP) is 2.33. The Morgan fingerprint density at radius 1 is 1.31 bits per heavy atom. The molecule has 0 spiro atoms. The van der Waals surface area contributed by atoms with Crippen LogP contribution >= 0.6 is 0 Å². The third kappa shape index (κ3) is 4.35. The molecule has 1 heterocycles. The number of furan rings is 1. The number of nitrogens with one attached hydrogen (secondary N) is 1. The molecule has 0 aliphatic rings. The van der Waals surface area contributed by atoms with E-state index in [2.05, 4.69) is 5.32 Å². The lowest BCUT2D eigenvalue weighted by Crippen LogP contribution is -2.33. The van der Waals surface area contributed by atoms with E-state index in [0.717, 1.165) is 5.76 Å². The van der Waals surface area contributed by atoms with Crippen molar-refractivity contribution in [3.63, 3.8) is 0 Å². The molecule has 0 radical (unpaired) electrons. The largest absolute Gasteiger partial charge is 0.468 e. The Morgan fingerprint density at radius 2 is 2.00 bits per heavy atom. The fourth-order valence-electron chi connectivity index (χ4n) is 1.45. The van der Waals surface area contributed by atoms with Crippen LogP contribution in [0.2, 0.25) is 0 Å². The monoisotopic (exact) mass is 227 g/mol. The van der Waals surface area contributed by atoms with Gasteiger partial charge >= 0.3 is 0 Å². The van der Waals surface area contributed by atoms with Gasteiger partial charge in [0.1, 0.15) is 5.76 Å². The van der Waals surface area contributed by atoms with Crippen LogP contribution in [0.4, 0.5) is 0 Å². The van der Waals surface area contributed by atoms with Crippen molar-refractivity contribution in [2.75, 3.05) is 19.8 Å². The van der Waals surface area contributed by atoms with Gasteiger partial charge < -0.3 is 19.2 Å².